The summed E-state index contributed by atoms with van der Waals surface area (Å²) in [5, 5.41) is 0. The minimum Gasteiger partial charge on any atom is -0.496 e. The van der Waals surface area contributed by atoms with Gasteiger partial charge in [-0.3, -0.25) is 4.79 Å². The quantitative estimate of drug-likeness (QED) is 0.822. The second-order valence-corrected chi connectivity index (χ2v) is 4.24. The van der Waals surface area contributed by atoms with Crippen LogP contribution in [0.4, 0.5) is 5.69 Å². The van der Waals surface area contributed by atoms with E-state index in [0.717, 1.165) is 0 Å². The first kappa shape index (κ1) is 14.5. The van der Waals surface area contributed by atoms with Gasteiger partial charge in [0.2, 0.25) is 0 Å². The van der Waals surface area contributed by atoms with Gasteiger partial charge >= 0.3 is 0 Å². The van der Waals surface area contributed by atoms with Gasteiger partial charge in [-0.05, 0) is 12.1 Å². The SMILES string of the molecule is COc1cc(OC)cc(Oc2c(N)cccc2C(N)=O)c1. The van der Waals surface area contributed by atoms with Crippen molar-refractivity contribution in [3.63, 3.8) is 0 Å². The van der Waals surface area contributed by atoms with Gasteiger partial charge in [0.15, 0.2) is 5.75 Å². The molecule has 0 radical (unpaired) electrons. The monoisotopic (exact) mass is 288 g/mol. The maximum atomic E-state index is 11.4. The molecule has 6 nitrogen and oxygen atoms in total. The number of rotatable bonds is 5. The van der Waals surface area contributed by atoms with Crippen LogP contribution in [-0.2, 0) is 0 Å². The molecule has 0 aromatic heterocycles. The molecule has 0 aliphatic carbocycles. The number of benzene rings is 2. The van der Waals surface area contributed by atoms with Gasteiger partial charge in [0.25, 0.3) is 5.91 Å². The lowest BCUT2D eigenvalue weighted by Gasteiger charge is -2.13. The second-order valence-electron chi connectivity index (χ2n) is 4.24. The Labute approximate surface area is 122 Å². The number of nitrogen functional groups attached to an aromatic ring is 1. The molecule has 0 heterocycles. The Bertz CT molecular complexity index is 648. The Hall–Kier alpha value is -2.89. The van der Waals surface area contributed by atoms with Crippen molar-refractivity contribution in [1.29, 1.82) is 0 Å². The first-order valence-corrected chi connectivity index (χ1v) is 6.14. The van der Waals surface area contributed by atoms with Crippen molar-refractivity contribution in [3.05, 3.63) is 42.0 Å². The molecular formula is C15H16N2O4. The second kappa shape index (κ2) is 6.04. The molecule has 0 saturated carbocycles. The van der Waals surface area contributed by atoms with Crippen molar-refractivity contribution in [3.8, 4) is 23.0 Å². The van der Waals surface area contributed by atoms with Crippen LogP contribution in [-0.4, -0.2) is 20.1 Å². The number of carbonyl (C=O) groups is 1. The van der Waals surface area contributed by atoms with Crippen molar-refractivity contribution in [2.75, 3.05) is 20.0 Å². The molecule has 0 bridgehead atoms. The molecule has 0 fully saturated rings. The molecule has 1 amide bonds. The maximum absolute atomic E-state index is 11.4. The van der Waals surface area contributed by atoms with E-state index in [1.807, 2.05) is 0 Å². The summed E-state index contributed by atoms with van der Waals surface area (Å²) in [5.74, 6) is 1.12. The Morgan fingerprint density at radius 3 is 2.10 bits per heavy atom. The van der Waals surface area contributed by atoms with E-state index in [1.165, 1.54) is 14.2 Å². The van der Waals surface area contributed by atoms with Gasteiger partial charge in [-0.1, -0.05) is 6.07 Å². The van der Waals surface area contributed by atoms with Crippen LogP contribution < -0.4 is 25.7 Å². The van der Waals surface area contributed by atoms with E-state index in [2.05, 4.69) is 0 Å². The highest BCUT2D eigenvalue weighted by molar-refractivity contribution is 5.97. The van der Waals surface area contributed by atoms with Gasteiger partial charge in [-0.2, -0.15) is 0 Å². The van der Waals surface area contributed by atoms with Crippen LogP contribution in [0.1, 0.15) is 10.4 Å². The number of primary amides is 1. The van der Waals surface area contributed by atoms with Crippen LogP contribution in [0.5, 0.6) is 23.0 Å². The van der Waals surface area contributed by atoms with E-state index in [9.17, 15) is 4.79 Å². The van der Waals surface area contributed by atoms with Gasteiger partial charge in [0, 0.05) is 18.2 Å². The standard InChI is InChI=1S/C15H16N2O4/c1-19-9-6-10(20-2)8-11(7-9)21-14-12(15(17)18)4-3-5-13(14)16/h3-8H,16H2,1-2H3,(H2,17,18). The molecular weight excluding hydrogens is 272 g/mol. The minimum absolute atomic E-state index is 0.205. The van der Waals surface area contributed by atoms with E-state index in [1.54, 1.807) is 36.4 Å². The molecule has 6 heteroatoms. The summed E-state index contributed by atoms with van der Waals surface area (Å²) in [6.07, 6.45) is 0. The molecule has 2 aromatic carbocycles. The van der Waals surface area contributed by atoms with Gasteiger partial charge in [-0.15, -0.1) is 0 Å². The third-order valence-electron chi connectivity index (χ3n) is 2.86. The molecule has 0 spiro atoms. The smallest absolute Gasteiger partial charge is 0.252 e. The van der Waals surface area contributed by atoms with Crippen LogP contribution in [0.15, 0.2) is 36.4 Å². The lowest BCUT2D eigenvalue weighted by molar-refractivity contribution is 0.0998. The average Bonchev–Trinajstić information content (AvgIpc) is 2.48. The number of para-hydroxylation sites is 1. The molecule has 0 aliphatic rings. The van der Waals surface area contributed by atoms with Gasteiger partial charge in [-0.25, -0.2) is 0 Å². The predicted molar refractivity (Wildman–Crippen MR) is 79.0 cm³/mol. The van der Waals surface area contributed by atoms with Gasteiger partial charge in [0.05, 0.1) is 25.5 Å². The van der Waals surface area contributed by atoms with Crippen LogP contribution in [0.25, 0.3) is 0 Å². The number of nitrogens with two attached hydrogens (primary N) is 2. The Morgan fingerprint density at radius 1 is 1.00 bits per heavy atom. The van der Waals surface area contributed by atoms with E-state index in [4.69, 9.17) is 25.7 Å². The van der Waals surface area contributed by atoms with Crippen LogP contribution in [0.2, 0.25) is 0 Å². The van der Waals surface area contributed by atoms with Crippen molar-refractivity contribution in [1.82, 2.24) is 0 Å². The van der Waals surface area contributed by atoms with Crippen LogP contribution in [0.3, 0.4) is 0 Å². The summed E-state index contributed by atoms with van der Waals surface area (Å²) in [6, 6.07) is 9.81. The highest BCUT2D eigenvalue weighted by Gasteiger charge is 2.14. The number of ether oxygens (including phenoxy) is 3. The summed E-state index contributed by atoms with van der Waals surface area (Å²) in [6.45, 7) is 0. The zero-order valence-electron chi connectivity index (χ0n) is 11.8. The highest BCUT2D eigenvalue weighted by Crippen LogP contribution is 2.35. The zero-order valence-corrected chi connectivity index (χ0v) is 11.8. The van der Waals surface area contributed by atoms with Crippen molar-refractivity contribution < 1.29 is 19.0 Å². The molecule has 21 heavy (non-hydrogen) atoms. The summed E-state index contributed by atoms with van der Waals surface area (Å²) >= 11 is 0. The molecule has 0 saturated heterocycles. The molecule has 0 unspecified atom stereocenters. The van der Waals surface area contributed by atoms with E-state index in [0.29, 0.717) is 22.9 Å². The van der Waals surface area contributed by atoms with Crippen molar-refractivity contribution >= 4 is 11.6 Å². The Morgan fingerprint density at radius 2 is 1.57 bits per heavy atom. The fourth-order valence-corrected chi connectivity index (χ4v) is 1.82. The molecule has 2 aromatic rings. The van der Waals surface area contributed by atoms with Crippen molar-refractivity contribution in [2.24, 2.45) is 5.73 Å². The summed E-state index contributed by atoms with van der Waals surface area (Å²) in [4.78, 5) is 11.4. The summed E-state index contributed by atoms with van der Waals surface area (Å²) in [5.41, 5.74) is 11.7. The zero-order chi connectivity index (χ0) is 15.4. The first-order valence-electron chi connectivity index (χ1n) is 6.14. The average molecular weight is 288 g/mol. The highest BCUT2D eigenvalue weighted by atomic mass is 16.5. The predicted octanol–water partition coefficient (Wildman–Crippen LogP) is 2.18. The first-order chi connectivity index (χ1) is 10.0. The fourth-order valence-electron chi connectivity index (χ4n) is 1.82. The molecule has 0 aliphatic heterocycles. The minimum atomic E-state index is -0.618. The topological polar surface area (TPSA) is 96.8 Å². The fraction of sp³-hybridized carbons (Fsp3) is 0.133. The number of methoxy groups -OCH3 is 2. The Kier molecular flexibility index (Phi) is 4.18. The molecule has 4 N–H and O–H groups in total. The van der Waals surface area contributed by atoms with E-state index < -0.39 is 5.91 Å². The lowest BCUT2D eigenvalue weighted by atomic mass is 10.1. The number of amides is 1. The molecule has 110 valence electrons. The third kappa shape index (κ3) is 3.17. The number of hydrogen-bond acceptors (Lipinski definition) is 5. The van der Waals surface area contributed by atoms with Crippen LogP contribution >= 0.6 is 0 Å². The van der Waals surface area contributed by atoms with Crippen LogP contribution in [0, 0.1) is 0 Å². The molecule has 0 atom stereocenters. The normalized spacial score (nSPS) is 10.0. The number of hydrogen-bond donors (Lipinski definition) is 2. The maximum Gasteiger partial charge on any atom is 0.252 e. The van der Waals surface area contributed by atoms with Gasteiger partial charge in [0.1, 0.15) is 17.2 Å². The summed E-state index contributed by atoms with van der Waals surface area (Å²) in [7, 11) is 3.06. The third-order valence-corrected chi connectivity index (χ3v) is 2.86. The number of carbonyl (C=O) groups excluding carboxylic acids is 1. The molecule has 2 rings (SSSR count). The Balaban J connectivity index is 2.45. The summed E-state index contributed by atoms with van der Waals surface area (Å²) < 4.78 is 16.0. The van der Waals surface area contributed by atoms with Gasteiger partial charge < -0.3 is 25.7 Å². The van der Waals surface area contributed by atoms with Crippen molar-refractivity contribution in [2.45, 2.75) is 0 Å². The largest absolute Gasteiger partial charge is 0.496 e. The van der Waals surface area contributed by atoms with E-state index in [-0.39, 0.29) is 11.3 Å². The lowest BCUT2D eigenvalue weighted by Crippen LogP contribution is -2.13. The number of anilines is 1. The van der Waals surface area contributed by atoms with E-state index >= 15 is 0 Å².